The predicted octanol–water partition coefficient (Wildman–Crippen LogP) is 3.69. The first-order valence-corrected chi connectivity index (χ1v) is 7.07. The third-order valence-corrected chi connectivity index (χ3v) is 3.14. The second-order valence-electron chi connectivity index (χ2n) is 4.51. The molecule has 0 aliphatic heterocycles. The summed E-state index contributed by atoms with van der Waals surface area (Å²) in [5.74, 6) is -0.311. The zero-order valence-corrected chi connectivity index (χ0v) is 11.7. The Hall–Kier alpha value is -1.35. The number of Topliss-reactive ketones (excluding diaryl/α,β-unsaturated/α-hetero) is 1. The Balaban J connectivity index is 2.32. The third-order valence-electron chi connectivity index (χ3n) is 2.95. The number of halogens is 1. The van der Waals surface area contributed by atoms with Crippen molar-refractivity contribution in [2.24, 2.45) is 0 Å². The molecule has 0 unspecified atom stereocenters. The normalized spacial score (nSPS) is 10.4. The van der Waals surface area contributed by atoms with Crippen molar-refractivity contribution in [2.75, 3.05) is 5.88 Å². The van der Waals surface area contributed by atoms with Gasteiger partial charge in [-0.05, 0) is 24.8 Å². The lowest BCUT2D eigenvalue weighted by molar-refractivity contribution is -0.137. The summed E-state index contributed by atoms with van der Waals surface area (Å²) in [4.78, 5) is 21.9. The van der Waals surface area contributed by atoms with Gasteiger partial charge in [0.2, 0.25) is 0 Å². The molecule has 1 N–H and O–H groups in total. The smallest absolute Gasteiger partial charge is 0.303 e. The highest BCUT2D eigenvalue weighted by molar-refractivity contribution is 6.19. The maximum atomic E-state index is 11.6. The summed E-state index contributed by atoms with van der Waals surface area (Å²) in [5, 5.41) is 8.51. The average molecular weight is 283 g/mol. The number of hydrogen-bond acceptors (Lipinski definition) is 2. The fourth-order valence-electron chi connectivity index (χ4n) is 1.87. The second-order valence-corrected chi connectivity index (χ2v) is 4.89. The summed E-state index contributed by atoms with van der Waals surface area (Å²) >= 11 is 5.54. The molecule has 0 aromatic heterocycles. The third kappa shape index (κ3) is 6.39. The number of unbranched alkanes of at least 4 members (excludes halogenated alkanes) is 2. The molecule has 104 valence electrons. The largest absolute Gasteiger partial charge is 0.481 e. The molecule has 0 spiro atoms. The summed E-state index contributed by atoms with van der Waals surface area (Å²) < 4.78 is 0. The number of alkyl halides is 1. The highest BCUT2D eigenvalue weighted by Gasteiger charge is 2.04. The molecule has 0 atom stereocenters. The Morgan fingerprint density at radius 1 is 1.00 bits per heavy atom. The van der Waals surface area contributed by atoms with Gasteiger partial charge in [-0.15, -0.1) is 11.6 Å². The van der Waals surface area contributed by atoms with E-state index in [4.69, 9.17) is 16.7 Å². The van der Waals surface area contributed by atoms with Crippen LogP contribution in [0.1, 0.15) is 48.0 Å². The molecule has 0 saturated heterocycles. The maximum Gasteiger partial charge on any atom is 0.303 e. The van der Waals surface area contributed by atoms with Crippen molar-refractivity contribution in [1.29, 1.82) is 0 Å². The number of carboxylic acids is 1. The van der Waals surface area contributed by atoms with E-state index in [1.807, 2.05) is 24.3 Å². The van der Waals surface area contributed by atoms with Crippen LogP contribution >= 0.6 is 11.6 Å². The minimum absolute atomic E-state index is 0.0722. The standard InChI is InChI=1S/C15H19ClO3/c16-11-10-14(17)13-8-6-12(7-9-13)4-2-1-3-5-15(18)19/h6-9H,1-5,10-11H2,(H,18,19). The lowest BCUT2D eigenvalue weighted by atomic mass is 10.0. The lowest BCUT2D eigenvalue weighted by Crippen LogP contribution is -1.99. The van der Waals surface area contributed by atoms with Gasteiger partial charge >= 0.3 is 5.97 Å². The summed E-state index contributed by atoms with van der Waals surface area (Å²) in [5.41, 5.74) is 1.88. The Morgan fingerprint density at radius 3 is 2.26 bits per heavy atom. The number of carbonyl (C=O) groups excluding carboxylic acids is 1. The number of aliphatic carboxylic acids is 1. The Labute approximate surface area is 118 Å². The van der Waals surface area contributed by atoms with Gasteiger partial charge in [-0.25, -0.2) is 0 Å². The highest BCUT2D eigenvalue weighted by Crippen LogP contribution is 2.11. The van der Waals surface area contributed by atoms with Crippen molar-refractivity contribution < 1.29 is 14.7 Å². The van der Waals surface area contributed by atoms with Gasteiger partial charge in [0.15, 0.2) is 5.78 Å². The monoisotopic (exact) mass is 282 g/mol. The minimum Gasteiger partial charge on any atom is -0.481 e. The van der Waals surface area contributed by atoms with Crippen LogP contribution in [0.2, 0.25) is 0 Å². The zero-order valence-electron chi connectivity index (χ0n) is 10.9. The number of aryl methyl sites for hydroxylation is 1. The number of carbonyl (C=O) groups is 2. The van der Waals surface area contributed by atoms with Crippen LogP contribution in [0.25, 0.3) is 0 Å². The molecule has 19 heavy (non-hydrogen) atoms. The van der Waals surface area contributed by atoms with Crippen molar-refractivity contribution in [3.8, 4) is 0 Å². The van der Waals surface area contributed by atoms with E-state index < -0.39 is 5.97 Å². The van der Waals surface area contributed by atoms with Crippen molar-refractivity contribution in [3.63, 3.8) is 0 Å². The first-order valence-electron chi connectivity index (χ1n) is 6.53. The molecular weight excluding hydrogens is 264 g/mol. The summed E-state index contributed by atoms with van der Waals surface area (Å²) in [6.07, 6.45) is 4.15. The van der Waals surface area contributed by atoms with E-state index in [1.165, 1.54) is 5.56 Å². The maximum absolute atomic E-state index is 11.6. The minimum atomic E-state index is -0.734. The van der Waals surface area contributed by atoms with Crippen LogP contribution in [0.4, 0.5) is 0 Å². The number of hydrogen-bond donors (Lipinski definition) is 1. The molecule has 0 aliphatic carbocycles. The quantitative estimate of drug-likeness (QED) is 0.427. The number of carboxylic acid groups (broad SMARTS) is 1. The van der Waals surface area contributed by atoms with Gasteiger partial charge in [0.25, 0.3) is 0 Å². The Morgan fingerprint density at radius 2 is 1.68 bits per heavy atom. The van der Waals surface area contributed by atoms with Crippen LogP contribution in [0.3, 0.4) is 0 Å². The SMILES string of the molecule is O=C(O)CCCCCc1ccc(C(=O)CCCl)cc1. The molecule has 1 aromatic rings. The van der Waals surface area contributed by atoms with Crippen molar-refractivity contribution in [1.82, 2.24) is 0 Å². The van der Waals surface area contributed by atoms with Crippen LogP contribution in [0, 0.1) is 0 Å². The molecule has 4 heteroatoms. The van der Waals surface area contributed by atoms with Crippen molar-refractivity contribution in [2.45, 2.75) is 38.5 Å². The van der Waals surface area contributed by atoms with Gasteiger partial charge < -0.3 is 5.11 Å². The molecule has 3 nitrogen and oxygen atoms in total. The fraction of sp³-hybridized carbons (Fsp3) is 0.467. The first kappa shape index (κ1) is 15.7. The molecule has 0 bridgehead atoms. The van der Waals surface area contributed by atoms with E-state index in [0.29, 0.717) is 17.9 Å². The van der Waals surface area contributed by atoms with Crippen LogP contribution in [-0.2, 0) is 11.2 Å². The molecule has 0 amide bonds. The zero-order chi connectivity index (χ0) is 14.1. The highest BCUT2D eigenvalue weighted by atomic mass is 35.5. The number of ketones is 1. The molecule has 0 heterocycles. The van der Waals surface area contributed by atoms with Gasteiger partial charge in [-0.2, -0.15) is 0 Å². The molecule has 1 rings (SSSR count). The summed E-state index contributed by atoms with van der Waals surface area (Å²) in [6, 6.07) is 7.58. The van der Waals surface area contributed by atoms with E-state index in [9.17, 15) is 9.59 Å². The number of rotatable bonds is 9. The molecule has 0 fully saturated rings. The van der Waals surface area contributed by atoms with E-state index in [0.717, 1.165) is 25.7 Å². The van der Waals surface area contributed by atoms with E-state index >= 15 is 0 Å². The molecule has 1 aromatic carbocycles. The van der Waals surface area contributed by atoms with E-state index in [2.05, 4.69) is 0 Å². The van der Waals surface area contributed by atoms with E-state index in [1.54, 1.807) is 0 Å². The molecule has 0 aliphatic rings. The molecule has 0 radical (unpaired) electrons. The summed E-state index contributed by atoms with van der Waals surface area (Å²) in [6.45, 7) is 0. The molecular formula is C15H19ClO3. The first-order chi connectivity index (χ1) is 9.13. The van der Waals surface area contributed by atoms with Crippen LogP contribution < -0.4 is 0 Å². The summed E-state index contributed by atoms with van der Waals surface area (Å²) in [7, 11) is 0. The van der Waals surface area contributed by atoms with Crippen LogP contribution in [-0.4, -0.2) is 22.7 Å². The Kier molecular flexibility index (Phi) is 7.19. The van der Waals surface area contributed by atoms with Gasteiger partial charge in [0.05, 0.1) is 0 Å². The van der Waals surface area contributed by atoms with Gasteiger partial charge in [-0.1, -0.05) is 30.7 Å². The van der Waals surface area contributed by atoms with Gasteiger partial charge in [0.1, 0.15) is 0 Å². The lowest BCUT2D eigenvalue weighted by Gasteiger charge is -2.03. The Bertz CT molecular complexity index is 412. The van der Waals surface area contributed by atoms with Crippen LogP contribution in [0.15, 0.2) is 24.3 Å². The average Bonchev–Trinajstić information content (AvgIpc) is 2.39. The fourth-order valence-corrected chi connectivity index (χ4v) is 2.04. The van der Waals surface area contributed by atoms with E-state index in [-0.39, 0.29) is 12.2 Å². The second kappa shape index (κ2) is 8.70. The molecule has 0 saturated carbocycles. The van der Waals surface area contributed by atoms with Gasteiger partial charge in [0, 0.05) is 24.3 Å². The number of benzene rings is 1. The van der Waals surface area contributed by atoms with Gasteiger partial charge in [-0.3, -0.25) is 9.59 Å². The topological polar surface area (TPSA) is 54.4 Å². The predicted molar refractivity (Wildman–Crippen MR) is 75.9 cm³/mol. The van der Waals surface area contributed by atoms with Crippen molar-refractivity contribution in [3.05, 3.63) is 35.4 Å². The van der Waals surface area contributed by atoms with Crippen molar-refractivity contribution >= 4 is 23.4 Å². The van der Waals surface area contributed by atoms with Crippen LogP contribution in [0.5, 0.6) is 0 Å².